The molecule has 0 saturated heterocycles. The number of rotatable bonds is 1. The Hall–Kier alpha value is -1.82. The minimum atomic E-state index is -4.70. The number of hydrogen-bond donors (Lipinski definition) is 1. The Balaban J connectivity index is 2.59. The van der Waals surface area contributed by atoms with Crippen molar-refractivity contribution in [1.29, 1.82) is 0 Å². The Labute approximate surface area is 104 Å². The maximum absolute atomic E-state index is 12.5. The summed E-state index contributed by atoms with van der Waals surface area (Å²) in [5.74, 6) is -1.33. The minimum Gasteiger partial charge on any atom is -0.303 e. The van der Waals surface area contributed by atoms with E-state index in [4.69, 9.17) is 11.6 Å². The quantitative estimate of drug-likeness (QED) is 0.868. The molecule has 0 aliphatic rings. The number of halogens is 4. The van der Waals surface area contributed by atoms with Gasteiger partial charge in [-0.2, -0.15) is 13.2 Å². The van der Waals surface area contributed by atoms with E-state index >= 15 is 0 Å². The molecule has 0 aliphatic carbocycles. The van der Waals surface area contributed by atoms with Crippen LogP contribution in [0.1, 0.15) is 5.82 Å². The zero-order chi connectivity index (χ0) is 13.3. The summed E-state index contributed by atoms with van der Waals surface area (Å²) in [5.41, 5.74) is -0.597. The summed E-state index contributed by atoms with van der Waals surface area (Å²) in [6, 6.07) is 7.08. The van der Waals surface area contributed by atoms with Crippen LogP contribution in [0, 0.1) is 0 Å². The third-order valence-corrected chi connectivity index (χ3v) is 2.37. The van der Waals surface area contributed by atoms with Gasteiger partial charge in [0.2, 0.25) is 5.82 Å². The molecule has 0 unspecified atom stereocenters. The van der Waals surface area contributed by atoms with Gasteiger partial charge >= 0.3 is 6.18 Å². The average molecular weight is 275 g/mol. The van der Waals surface area contributed by atoms with E-state index in [-0.39, 0.29) is 5.69 Å². The van der Waals surface area contributed by atoms with E-state index in [9.17, 15) is 18.0 Å². The highest BCUT2D eigenvalue weighted by Gasteiger charge is 2.34. The summed E-state index contributed by atoms with van der Waals surface area (Å²) in [4.78, 5) is 16.2. The van der Waals surface area contributed by atoms with Crippen molar-refractivity contribution >= 4 is 11.6 Å². The van der Waals surface area contributed by atoms with Gasteiger partial charge in [-0.15, -0.1) is 0 Å². The van der Waals surface area contributed by atoms with E-state index < -0.39 is 17.6 Å². The van der Waals surface area contributed by atoms with Gasteiger partial charge in [-0.25, -0.2) is 4.98 Å². The standard InChI is InChI=1S/C11H6ClF3N2O/c12-7-3-1-2-6(4-7)8-5-9(18)17-10(16-8)11(13,14)15/h1-5H,(H,16,17,18). The Morgan fingerprint density at radius 3 is 2.56 bits per heavy atom. The SMILES string of the molecule is O=c1cc(-c2cccc(Cl)c2)nc(C(F)(F)F)[nH]1. The van der Waals surface area contributed by atoms with Gasteiger partial charge in [-0.3, -0.25) is 4.79 Å². The molecule has 1 aromatic carbocycles. The molecule has 18 heavy (non-hydrogen) atoms. The third-order valence-electron chi connectivity index (χ3n) is 2.13. The number of nitrogens with zero attached hydrogens (tertiary/aromatic N) is 1. The fourth-order valence-corrected chi connectivity index (χ4v) is 1.58. The molecular weight excluding hydrogens is 269 g/mol. The van der Waals surface area contributed by atoms with Crippen LogP contribution in [-0.2, 0) is 6.18 Å². The van der Waals surface area contributed by atoms with Crippen molar-refractivity contribution in [2.75, 3.05) is 0 Å². The fraction of sp³-hybridized carbons (Fsp3) is 0.0909. The predicted molar refractivity (Wildman–Crippen MR) is 60.3 cm³/mol. The number of alkyl halides is 3. The minimum absolute atomic E-state index is 0.0754. The molecular formula is C11H6ClF3N2O. The number of aromatic amines is 1. The Kier molecular flexibility index (Phi) is 3.13. The summed E-state index contributed by atoms with van der Waals surface area (Å²) in [5, 5.41) is 0.350. The van der Waals surface area contributed by atoms with E-state index in [2.05, 4.69) is 4.98 Å². The molecule has 0 aliphatic heterocycles. The smallest absolute Gasteiger partial charge is 0.303 e. The number of nitrogens with one attached hydrogen (secondary N) is 1. The molecule has 2 rings (SSSR count). The molecule has 0 radical (unpaired) electrons. The zero-order valence-corrected chi connectivity index (χ0v) is 9.51. The molecule has 3 nitrogen and oxygen atoms in total. The Morgan fingerprint density at radius 2 is 1.94 bits per heavy atom. The highest BCUT2D eigenvalue weighted by Crippen LogP contribution is 2.27. The van der Waals surface area contributed by atoms with E-state index in [1.807, 2.05) is 0 Å². The molecule has 0 bridgehead atoms. The summed E-state index contributed by atoms with van der Waals surface area (Å²) in [6.07, 6.45) is -4.70. The summed E-state index contributed by atoms with van der Waals surface area (Å²) in [7, 11) is 0. The maximum atomic E-state index is 12.5. The fourth-order valence-electron chi connectivity index (χ4n) is 1.39. The van der Waals surface area contributed by atoms with Crippen molar-refractivity contribution < 1.29 is 13.2 Å². The molecule has 7 heteroatoms. The summed E-state index contributed by atoms with van der Waals surface area (Å²) >= 11 is 5.73. The lowest BCUT2D eigenvalue weighted by Gasteiger charge is -2.07. The summed E-state index contributed by atoms with van der Waals surface area (Å²) < 4.78 is 37.5. The average Bonchev–Trinajstić information content (AvgIpc) is 2.27. The summed E-state index contributed by atoms with van der Waals surface area (Å²) in [6.45, 7) is 0. The van der Waals surface area contributed by atoms with Gasteiger partial charge in [-0.05, 0) is 12.1 Å². The zero-order valence-electron chi connectivity index (χ0n) is 8.75. The molecule has 0 spiro atoms. The van der Waals surface area contributed by atoms with E-state index in [0.717, 1.165) is 6.07 Å². The molecule has 0 fully saturated rings. The number of hydrogen-bond acceptors (Lipinski definition) is 2. The predicted octanol–water partition coefficient (Wildman–Crippen LogP) is 3.11. The first kappa shape index (κ1) is 12.6. The Bertz CT molecular complexity index is 637. The van der Waals surface area contributed by atoms with Gasteiger partial charge in [-0.1, -0.05) is 23.7 Å². The third kappa shape index (κ3) is 2.70. The maximum Gasteiger partial charge on any atom is 0.449 e. The number of H-pyrrole nitrogens is 1. The molecule has 1 aromatic heterocycles. The highest BCUT2D eigenvalue weighted by atomic mass is 35.5. The normalized spacial score (nSPS) is 11.6. The molecule has 1 N–H and O–H groups in total. The van der Waals surface area contributed by atoms with Crippen molar-refractivity contribution in [1.82, 2.24) is 9.97 Å². The lowest BCUT2D eigenvalue weighted by atomic mass is 10.1. The molecule has 1 heterocycles. The van der Waals surface area contributed by atoms with Crippen molar-refractivity contribution in [3.8, 4) is 11.3 Å². The van der Waals surface area contributed by atoms with Crippen LogP contribution in [0.4, 0.5) is 13.2 Å². The second-order valence-corrected chi connectivity index (χ2v) is 3.92. The van der Waals surface area contributed by atoms with Gasteiger partial charge < -0.3 is 4.98 Å². The molecule has 0 atom stereocenters. The van der Waals surface area contributed by atoms with E-state index in [0.29, 0.717) is 10.6 Å². The van der Waals surface area contributed by atoms with Crippen molar-refractivity contribution in [3.63, 3.8) is 0 Å². The van der Waals surface area contributed by atoms with Crippen LogP contribution in [0.5, 0.6) is 0 Å². The van der Waals surface area contributed by atoms with Crippen LogP contribution >= 0.6 is 11.6 Å². The van der Waals surface area contributed by atoms with Crippen molar-refractivity contribution in [2.24, 2.45) is 0 Å². The van der Waals surface area contributed by atoms with E-state index in [1.54, 1.807) is 17.1 Å². The van der Waals surface area contributed by atoms with Crippen LogP contribution in [0.25, 0.3) is 11.3 Å². The second-order valence-electron chi connectivity index (χ2n) is 3.49. The first-order valence-electron chi connectivity index (χ1n) is 4.81. The molecule has 0 amide bonds. The van der Waals surface area contributed by atoms with Crippen LogP contribution in [0.2, 0.25) is 5.02 Å². The second kappa shape index (κ2) is 4.45. The van der Waals surface area contributed by atoms with Crippen molar-refractivity contribution in [2.45, 2.75) is 6.18 Å². The number of aromatic nitrogens is 2. The van der Waals surface area contributed by atoms with Crippen LogP contribution in [0.15, 0.2) is 35.1 Å². The highest BCUT2D eigenvalue weighted by molar-refractivity contribution is 6.30. The molecule has 2 aromatic rings. The van der Waals surface area contributed by atoms with Gasteiger partial charge in [0, 0.05) is 16.7 Å². The largest absolute Gasteiger partial charge is 0.449 e. The first-order valence-corrected chi connectivity index (χ1v) is 5.18. The van der Waals surface area contributed by atoms with Crippen LogP contribution in [0.3, 0.4) is 0 Å². The lowest BCUT2D eigenvalue weighted by Crippen LogP contribution is -2.18. The van der Waals surface area contributed by atoms with Gasteiger partial charge in [0.1, 0.15) is 0 Å². The Morgan fingerprint density at radius 1 is 1.22 bits per heavy atom. The molecule has 94 valence electrons. The first-order chi connectivity index (χ1) is 8.36. The van der Waals surface area contributed by atoms with Gasteiger partial charge in [0.15, 0.2) is 0 Å². The van der Waals surface area contributed by atoms with Crippen LogP contribution in [-0.4, -0.2) is 9.97 Å². The monoisotopic (exact) mass is 274 g/mol. The topological polar surface area (TPSA) is 45.8 Å². The van der Waals surface area contributed by atoms with E-state index in [1.165, 1.54) is 12.1 Å². The molecule has 0 saturated carbocycles. The van der Waals surface area contributed by atoms with Crippen molar-refractivity contribution in [3.05, 3.63) is 51.5 Å². The number of benzene rings is 1. The van der Waals surface area contributed by atoms with Gasteiger partial charge in [0.05, 0.1) is 5.69 Å². The van der Waals surface area contributed by atoms with Crippen LogP contribution < -0.4 is 5.56 Å². The lowest BCUT2D eigenvalue weighted by molar-refractivity contribution is -0.145. The van der Waals surface area contributed by atoms with Gasteiger partial charge in [0.25, 0.3) is 5.56 Å².